The summed E-state index contributed by atoms with van der Waals surface area (Å²) in [6.45, 7) is 0.282. The maximum absolute atomic E-state index is 12.7. The minimum absolute atomic E-state index is 0.0329. The molecular weight excluding hydrogens is 358 g/mol. The molecular formula is C20H20N5O3+. The lowest BCUT2D eigenvalue weighted by Gasteiger charge is -2.25. The fraction of sp³-hybridized carbons (Fsp3) is 0.300. The van der Waals surface area contributed by atoms with Gasteiger partial charge in [-0.2, -0.15) is 5.26 Å². The predicted octanol–water partition coefficient (Wildman–Crippen LogP) is -0.465. The zero-order valence-corrected chi connectivity index (χ0v) is 15.9. The van der Waals surface area contributed by atoms with Crippen LogP contribution in [0, 0.1) is 11.3 Å². The molecule has 0 fully saturated rings. The van der Waals surface area contributed by atoms with Gasteiger partial charge in [-0.3, -0.25) is 13.9 Å². The van der Waals surface area contributed by atoms with Crippen LogP contribution in [0.2, 0.25) is 0 Å². The van der Waals surface area contributed by atoms with Crippen molar-refractivity contribution in [2.24, 2.45) is 7.05 Å². The van der Waals surface area contributed by atoms with Crippen LogP contribution in [0.25, 0.3) is 16.6 Å². The SMILES string of the molecule is COc1c(C2=CN(C)C(=O)C3[NH+]=CC=C23)ccc2c1n(CCC#N)c(=O)n2C. The van der Waals surface area contributed by atoms with Crippen LogP contribution in [-0.2, 0) is 18.4 Å². The summed E-state index contributed by atoms with van der Waals surface area (Å²) < 4.78 is 8.88. The van der Waals surface area contributed by atoms with E-state index in [1.54, 1.807) is 47.7 Å². The van der Waals surface area contributed by atoms with E-state index in [1.165, 1.54) is 0 Å². The first kappa shape index (κ1) is 17.8. The predicted molar refractivity (Wildman–Crippen MR) is 104 cm³/mol. The molecule has 142 valence electrons. The normalized spacial score (nSPS) is 18.1. The maximum atomic E-state index is 12.7. The number of hydrogen-bond donors (Lipinski definition) is 1. The average molecular weight is 378 g/mol. The van der Waals surface area contributed by atoms with E-state index in [1.807, 2.05) is 18.2 Å². The van der Waals surface area contributed by atoms with Gasteiger partial charge in [-0.15, -0.1) is 0 Å². The van der Waals surface area contributed by atoms with E-state index in [0.29, 0.717) is 11.3 Å². The van der Waals surface area contributed by atoms with Crippen molar-refractivity contribution in [2.75, 3.05) is 14.2 Å². The Morgan fingerprint density at radius 2 is 2.07 bits per heavy atom. The first-order valence-corrected chi connectivity index (χ1v) is 8.91. The third-order valence-corrected chi connectivity index (χ3v) is 5.27. The lowest BCUT2D eigenvalue weighted by molar-refractivity contribution is -0.467. The quantitative estimate of drug-likeness (QED) is 0.779. The number of nitriles is 1. The highest BCUT2D eigenvalue weighted by molar-refractivity contribution is 6.03. The van der Waals surface area contributed by atoms with Crippen LogP contribution in [0.4, 0.5) is 0 Å². The molecule has 3 heterocycles. The van der Waals surface area contributed by atoms with Crippen molar-refractivity contribution < 1.29 is 14.5 Å². The number of nitrogens with one attached hydrogen (secondary N) is 1. The van der Waals surface area contributed by atoms with Crippen molar-refractivity contribution >= 4 is 28.7 Å². The molecule has 8 heteroatoms. The first-order valence-electron chi connectivity index (χ1n) is 8.91. The Morgan fingerprint density at radius 3 is 2.79 bits per heavy atom. The van der Waals surface area contributed by atoms with Gasteiger partial charge in [-0.05, 0) is 12.1 Å². The Morgan fingerprint density at radius 1 is 1.29 bits per heavy atom. The number of ether oxygens (including phenoxy) is 1. The standard InChI is InChI=1S/C20H19N5O3/c1-23-11-14(12-7-9-22-16(12)19(23)26)13-5-6-15-17(18(13)28-3)25(10-4-8-21)20(27)24(15)2/h5-7,9,11,16H,4,10H2,1-3H3/p+1. The van der Waals surface area contributed by atoms with Gasteiger partial charge in [0, 0.05) is 49.6 Å². The van der Waals surface area contributed by atoms with Gasteiger partial charge in [0.25, 0.3) is 11.9 Å². The lowest BCUT2D eigenvalue weighted by Crippen LogP contribution is -2.78. The summed E-state index contributed by atoms with van der Waals surface area (Å²) in [5.74, 6) is 0.517. The summed E-state index contributed by atoms with van der Waals surface area (Å²) in [5, 5.41) is 8.97. The molecule has 1 N–H and O–H groups in total. The summed E-state index contributed by atoms with van der Waals surface area (Å²) in [7, 11) is 4.98. The van der Waals surface area contributed by atoms with Crippen LogP contribution >= 0.6 is 0 Å². The minimum Gasteiger partial charge on any atom is -0.494 e. The molecule has 0 spiro atoms. The number of rotatable bonds is 4. The molecule has 0 bridgehead atoms. The number of carbonyl (C=O) groups is 1. The van der Waals surface area contributed by atoms with Crippen molar-refractivity contribution in [1.82, 2.24) is 14.0 Å². The number of aryl methyl sites for hydroxylation is 2. The van der Waals surface area contributed by atoms with Crippen LogP contribution in [0.15, 0.2) is 34.8 Å². The Labute approximate surface area is 161 Å². The molecule has 1 amide bonds. The van der Waals surface area contributed by atoms with Crippen molar-refractivity contribution in [3.8, 4) is 11.8 Å². The number of fused-ring (bicyclic) bond motifs is 2. The zero-order valence-electron chi connectivity index (χ0n) is 15.9. The number of amides is 1. The van der Waals surface area contributed by atoms with Gasteiger partial charge < -0.3 is 9.64 Å². The number of benzene rings is 1. The van der Waals surface area contributed by atoms with Crippen LogP contribution in [0.5, 0.6) is 5.75 Å². The molecule has 1 aromatic carbocycles. The molecule has 1 atom stereocenters. The highest BCUT2D eigenvalue weighted by Gasteiger charge is 2.39. The summed E-state index contributed by atoms with van der Waals surface area (Å²) in [4.78, 5) is 29.7. The third kappa shape index (κ3) is 2.40. The van der Waals surface area contributed by atoms with Gasteiger partial charge in [0.15, 0.2) is 12.0 Å². The molecule has 0 saturated heterocycles. The highest BCUT2D eigenvalue weighted by atomic mass is 16.5. The second kappa shape index (κ2) is 6.53. The summed E-state index contributed by atoms with van der Waals surface area (Å²) in [6.07, 6.45) is 5.66. The molecule has 28 heavy (non-hydrogen) atoms. The van der Waals surface area contributed by atoms with Crippen molar-refractivity contribution in [3.05, 3.63) is 46.0 Å². The molecule has 0 aliphatic carbocycles. The summed E-state index contributed by atoms with van der Waals surface area (Å²) in [6, 6.07) is 5.43. The van der Waals surface area contributed by atoms with E-state index in [4.69, 9.17) is 10.00 Å². The summed E-state index contributed by atoms with van der Waals surface area (Å²) in [5.41, 5.74) is 3.69. The van der Waals surface area contributed by atoms with E-state index in [-0.39, 0.29) is 24.6 Å². The molecule has 0 saturated carbocycles. The molecule has 1 unspecified atom stereocenters. The molecule has 2 aliphatic rings. The van der Waals surface area contributed by atoms with Gasteiger partial charge in [0.1, 0.15) is 5.52 Å². The molecule has 0 radical (unpaired) electrons. The number of hydrogen-bond acceptors (Lipinski definition) is 4. The first-order chi connectivity index (χ1) is 13.5. The number of carbonyl (C=O) groups excluding carboxylic acids is 1. The maximum Gasteiger partial charge on any atom is 0.328 e. The van der Waals surface area contributed by atoms with Gasteiger partial charge >= 0.3 is 5.69 Å². The Bertz CT molecular complexity index is 1190. The van der Waals surface area contributed by atoms with Crippen LogP contribution in [0.3, 0.4) is 0 Å². The van der Waals surface area contributed by atoms with E-state index >= 15 is 0 Å². The van der Waals surface area contributed by atoms with Gasteiger partial charge in [-0.1, -0.05) is 0 Å². The van der Waals surface area contributed by atoms with Crippen LogP contribution in [0.1, 0.15) is 12.0 Å². The number of aromatic nitrogens is 2. The third-order valence-electron chi connectivity index (χ3n) is 5.27. The molecule has 8 nitrogen and oxygen atoms in total. The van der Waals surface area contributed by atoms with Gasteiger partial charge in [0.05, 0.1) is 25.1 Å². The van der Waals surface area contributed by atoms with Crippen molar-refractivity contribution in [3.63, 3.8) is 0 Å². The van der Waals surface area contributed by atoms with Gasteiger partial charge in [0.2, 0.25) is 0 Å². The smallest absolute Gasteiger partial charge is 0.328 e. The molecule has 2 aromatic rings. The second-order valence-corrected chi connectivity index (χ2v) is 6.80. The van der Waals surface area contributed by atoms with Crippen LogP contribution in [-0.4, -0.2) is 46.4 Å². The molecule has 2 aliphatic heterocycles. The number of allylic oxidation sites excluding steroid dienone is 1. The van der Waals surface area contributed by atoms with Crippen molar-refractivity contribution in [1.29, 1.82) is 5.26 Å². The molecule has 4 rings (SSSR count). The van der Waals surface area contributed by atoms with E-state index in [9.17, 15) is 9.59 Å². The minimum atomic E-state index is -0.429. The zero-order chi connectivity index (χ0) is 20.0. The fourth-order valence-corrected chi connectivity index (χ4v) is 3.89. The van der Waals surface area contributed by atoms with E-state index in [0.717, 1.165) is 22.2 Å². The van der Waals surface area contributed by atoms with E-state index < -0.39 is 6.04 Å². The fourth-order valence-electron chi connectivity index (χ4n) is 3.89. The number of methoxy groups -OCH3 is 1. The largest absolute Gasteiger partial charge is 0.494 e. The summed E-state index contributed by atoms with van der Waals surface area (Å²) >= 11 is 0. The topological polar surface area (TPSA) is 94.2 Å². The second-order valence-electron chi connectivity index (χ2n) is 6.80. The van der Waals surface area contributed by atoms with Crippen molar-refractivity contribution in [2.45, 2.75) is 19.0 Å². The highest BCUT2D eigenvalue weighted by Crippen LogP contribution is 2.39. The van der Waals surface area contributed by atoms with Gasteiger partial charge in [-0.25, -0.2) is 9.79 Å². The number of nitrogens with zero attached hydrogens (tertiary/aromatic N) is 4. The Hall–Kier alpha value is -3.60. The molecule has 1 aromatic heterocycles. The lowest BCUT2D eigenvalue weighted by atomic mass is 9.90. The Balaban J connectivity index is 1.99. The number of imidazole rings is 1. The average Bonchev–Trinajstić information content (AvgIpc) is 3.27. The Kier molecular flexibility index (Phi) is 4.15. The number of likely N-dealkylation sites (N-methyl/N-ethyl adjacent to an activating group) is 1. The van der Waals surface area contributed by atoms with E-state index in [2.05, 4.69) is 11.1 Å². The monoisotopic (exact) mass is 378 g/mol. The van der Waals surface area contributed by atoms with Crippen LogP contribution < -0.4 is 15.4 Å².